The average Bonchev–Trinajstić information content (AvgIpc) is 2.43. The van der Waals surface area contributed by atoms with Crippen LogP contribution in [0.5, 0.6) is 11.5 Å². The summed E-state index contributed by atoms with van der Waals surface area (Å²) in [5.41, 5.74) is 1.46. The van der Waals surface area contributed by atoms with Crippen molar-refractivity contribution in [1.29, 1.82) is 0 Å². The molecule has 4 heteroatoms. The maximum absolute atomic E-state index is 12.1. The van der Waals surface area contributed by atoms with E-state index in [0.717, 1.165) is 18.4 Å². The van der Waals surface area contributed by atoms with Crippen LogP contribution in [-0.4, -0.2) is 26.7 Å². The van der Waals surface area contributed by atoms with Crippen molar-refractivity contribution in [3.8, 4) is 11.5 Å². The van der Waals surface area contributed by atoms with Crippen molar-refractivity contribution in [2.24, 2.45) is 5.92 Å². The molecule has 0 saturated carbocycles. The number of nitrogens with one attached hydrogen (secondary N) is 1. The fourth-order valence-electron chi connectivity index (χ4n) is 2.03. The molecule has 4 nitrogen and oxygen atoms in total. The highest BCUT2D eigenvalue weighted by atomic mass is 16.5. The number of methoxy groups -OCH3 is 2. The second-order valence-electron chi connectivity index (χ2n) is 5.30. The van der Waals surface area contributed by atoms with Crippen molar-refractivity contribution >= 4 is 5.91 Å². The number of carbonyl (C=O) groups excluding carboxylic acids is 1. The zero-order valence-corrected chi connectivity index (χ0v) is 13.1. The molecule has 0 bridgehead atoms. The number of hydrogen-bond donors (Lipinski definition) is 1. The van der Waals surface area contributed by atoms with Crippen LogP contribution >= 0.6 is 0 Å². The van der Waals surface area contributed by atoms with Crippen molar-refractivity contribution in [1.82, 2.24) is 5.32 Å². The van der Waals surface area contributed by atoms with E-state index in [4.69, 9.17) is 9.47 Å². The van der Waals surface area contributed by atoms with Gasteiger partial charge in [0.1, 0.15) is 11.5 Å². The molecular formula is C16H25NO3. The first-order valence-electron chi connectivity index (χ1n) is 7.00. The smallest absolute Gasteiger partial charge is 0.251 e. The van der Waals surface area contributed by atoms with E-state index in [1.807, 2.05) is 6.92 Å². The fraction of sp³-hybridized carbons (Fsp3) is 0.562. The van der Waals surface area contributed by atoms with Gasteiger partial charge in [-0.25, -0.2) is 0 Å². The summed E-state index contributed by atoms with van der Waals surface area (Å²) in [5, 5.41) is 2.93. The lowest BCUT2D eigenvalue weighted by atomic mass is 10.1. The van der Waals surface area contributed by atoms with E-state index in [1.54, 1.807) is 26.4 Å². The van der Waals surface area contributed by atoms with Crippen LogP contribution in [0, 0.1) is 12.8 Å². The number of hydrogen-bond acceptors (Lipinski definition) is 3. The predicted octanol–water partition coefficient (Wildman–Crippen LogP) is 3.18. The molecule has 1 aromatic carbocycles. The van der Waals surface area contributed by atoms with Crippen LogP contribution in [0.3, 0.4) is 0 Å². The van der Waals surface area contributed by atoms with Crippen LogP contribution < -0.4 is 14.8 Å². The molecule has 1 N–H and O–H groups in total. The molecule has 0 aromatic heterocycles. The van der Waals surface area contributed by atoms with Gasteiger partial charge in [-0.1, -0.05) is 13.8 Å². The molecule has 0 heterocycles. The average molecular weight is 279 g/mol. The molecule has 1 amide bonds. The van der Waals surface area contributed by atoms with Crippen LogP contribution in [-0.2, 0) is 0 Å². The van der Waals surface area contributed by atoms with Crippen LogP contribution in [0.4, 0.5) is 0 Å². The lowest BCUT2D eigenvalue weighted by Gasteiger charge is -2.13. The summed E-state index contributed by atoms with van der Waals surface area (Å²) in [6.07, 6.45) is 2.10. The van der Waals surface area contributed by atoms with Crippen molar-refractivity contribution in [3.63, 3.8) is 0 Å². The van der Waals surface area contributed by atoms with Gasteiger partial charge in [-0.2, -0.15) is 0 Å². The van der Waals surface area contributed by atoms with Crippen LogP contribution in [0.15, 0.2) is 12.1 Å². The van der Waals surface area contributed by atoms with Crippen molar-refractivity contribution < 1.29 is 14.3 Å². The van der Waals surface area contributed by atoms with Crippen LogP contribution in [0.2, 0.25) is 0 Å². The highest BCUT2D eigenvalue weighted by molar-refractivity contribution is 5.95. The second-order valence-corrected chi connectivity index (χ2v) is 5.30. The van der Waals surface area contributed by atoms with Gasteiger partial charge in [0, 0.05) is 17.7 Å². The standard InChI is InChI=1S/C16H25NO3/c1-11(2)7-6-8-17-16(18)13-9-14(19-4)12(3)15(10-13)20-5/h9-11H,6-8H2,1-5H3,(H,17,18). The van der Waals surface area contributed by atoms with Gasteiger partial charge >= 0.3 is 0 Å². The monoisotopic (exact) mass is 279 g/mol. The van der Waals surface area contributed by atoms with E-state index in [1.165, 1.54) is 0 Å². The predicted molar refractivity (Wildman–Crippen MR) is 80.7 cm³/mol. The number of ether oxygens (including phenoxy) is 2. The van der Waals surface area contributed by atoms with Crippen molar-refractivity contribution in [3.05, 3.63) is 23.3 Å². The largest absolute Gasteiger partial charge is 0.496 e. The molecule has 1 rings (SSSR count). The van der Waals surface area contributed by atoms with E-state index in [2.05, 4.69) is 19.2 Å². The number of carbonyl (C=O) groups is 1. The summed E-state index contributed by atoms with van der Waals surface area (Å²) in [4.78, 5) is 12.1. The molecule has 20 heavy (non-hydrogen) atoms. The summed E-state index contributed by atoms with van der Waals surface area (Å²) in [5.74, 6) is 1.89. The van der Waals surface area contributed by atoms with Crippen molar-refractivity contribution in [2.75, 3.05) is 20.8 Å². The first kappa shape index (κ1) is 16.3. The third kappa shape index (κ3) is 4.44. The van der Waals surface area contributed by atoms with E-state index in [0.29, 0.717) is 29.5 Å². The zero-order valence-electron chi connectivity index (χ0n) is 13.1. The van der Waals surface area contributed by atoms with E-state index < -0.39 is 0 Å². The Morgan fingerprint density at radius 2 is 1.75 bits per heavy atom. The van der Waals surface area contributed by atoms with Crippen molar-refractivity contribution in [2.45, 2.75) is 33.6 Å². The molecule has 0 aliphatic carbocycles. The molecule has 0 spiro atoms. The molecule has 0 aliphatic heterocycles. The lowest BCUT2D eigenvalue weighted by Crippen LogP contribution is -2.24. The maximum atomic E-state index is 12.1. The summed E-state index contributed by atoms with van der Waals surface area (Å²) >= 11 is 0. The number of amides is 1. The quantitative estimate of drug-likeness (QED) is 0.780. The molecule has 0 unspecified atom stereocenters. The second kappa shape index (κ2) is 7.78. The number of rotatable bonds is 7. The minimum absolute atomic E-state index is 0.0923. The van der Waals surface area contributed by atoms with Gasteiger partial charge in [0.2, 0.25) is 0 Å². The molecule has 0 fully saturated rings. The van der Waals surface area contributed by atoms with Gasteiger partial charge in [-0.15, -0.1) is 0 Å². The molecule has 0 radical (unpaired) electrons. The Balaban J connectivity index is 2.72. The normalized spacial score (nSPS) is 10.5. The first-order valence-corrected chi connectivity index (χ1v) is 7.00. The SMILES string of the molecule is COc1cc(C(=O)NCCCC(C)C)cc(OC)c1C. The van der Waals surface area contributed by atoms with Gasteiger partial charge < -0.3 is 14.8 Å². The summed E-state index contributed by atoms with van der Waals surface area (Å²) < 4.78 is 10.6. The molecule has 1 aromatic rings. The van der Waals surface area contributed by atoms with E-state index >= 15 is 0 Å². The summed E-state index contributed by atoms with van der Waals surface area (Å²) in [6.45, 7) is 6.95. The Kier molecular flexibility index (Phi) is 6.36. The third-order valence-corrected chi connectivity index (χ3v) is 3.26. The molecule has 0 atom stereocenters. The highest BCUT2D eigenvalue weighted by Gasteiger charge is 2.13. The summed E-state index contributed by atoms with van der Waals surface area (Å²) in [7, 11) is 3.18. The van der Waals surface area contributed by atoms with Gasteiger partial charge in [-0.3, -0.25) is 4.79 Å². The minimum Gasteiger partial charge on any atom is -0.496 e. The van der Waals surface area contributed by atoms with Gasteiger partial charge in [-0.05, 0) is 37.8 Å². The Bertz CT molecular complexity index is 430. The van der Waals surface area contributed by atoms with Crippen LogP contribution in [0.1, 0.15) is 42.6 Å². The van der Waals surface area contributed by atoms with Crippen LogP contribution in [0.25, 0.3) is 0 Å². The van der Waals surface area contributed by atoms with E-state index in [9.17, 15) is 4.79 Å². The Morgan fingerprint density at radius 1 is 1.20 bits per heavy atom. The lowest BCUT2D eigenvalue weighted by molar-refractivity contribution is 0.0952. The molecule has 0 saturated heterocycles. The highest BCUT2D eigenvalue weighted by Crippen LogP contribution is 2.29. The Morgan fingerprint density at radius 3 is 2.20 bits per heavy atom. The molecule has 112 valence electrons. The van der Waals surface area contributed by atoms with Gasteiger partial charge in [0.25, 0.3) is 5.91 Å². The zero-order chi connectivity index (χ0) is 15.1. The Labute approximate surface area is 121 Å². The summed E-state index contributed by atoms with van der Waals surface area (Å²) in [6, 6.07) is 3.49. The third-order valence-electron chi connectivity index (χ3n) is 3.26. The molecule has 0 aliphatic rings. The fourth-order valence-corrected chi connectivity index (χ4v) is 2.03. The van der Waals surface area contributed by atoms with Gasteiger partial charge in [0.15, 0.2) is 0 Å². The van der Waals surface area contributed by atoms with E-state index in [-0.39, 0.29) is 5.91 Å². The first-order chi connectivity index (χ1) is 9.49. The topological polar surface area (TPSA) is 47.6 Å². The minimum atomic E-state index is -0.0923. The Hall–Kier alpha value is -1.71. The molecular weight excluding hydrogens is 254 g/mol. The number of benzene rings is 1. The maximum Gasteiger partial charge on any atom is 0.251 e. The van der Waals surface area contributed by atoms with Gasteiger partial charge in [0.05, 0.1) is 14.2 Å².